The van der Waals surface area contributed by atoms with Gasteiger partial charge in [0.15, 0.2) is 0 Å². The molecule has 11 rings (SSSR count). The van der Waals surface area contributed by atoms with Crippen LogP contribution in [0.1, 0.15) is 0 Å². The first-order valence-corrected chi connectivity index (χ1v) is 14.4. The molecule has 0 radical (unpaired) electrons. The van der Waals surface area contributed by atoms with Gasteiger partial charge in [-0.3, -0.25) is 0 Å². The molecule has 0 spiro atoms. The lowest BCUT2D eigenvalue weighted by molar-refractivity contribution is 1.49. The fourth-order valence-corrected chi connectivity index (χ4v) is 8.21. The zero-order valence-electron chi connectivity index (χ0n) is 22.0. The number of nitrogens with one attached hydrogen (secondary N) is 1. The number of hydrogen-bond donors (Lipinski definition) is 1. The Hall–Kier alpha value is -5.40. The zero-order chi connectivity index (χ0) is 26.4. The maximum Gasteiger partial charge on any atom is 0.0546 e. The van der Waals surface area contributed by atoms with Crippen molar-refractivity contribution in [3.63, 3.8) is 0 Å². The number of rotatable bonds is 1. The van der Waals surface area contributed by atoms with Crippen LogP contribution in [0.4, 0.5) is 0 Å². The van der Waals surface area contributed by atoms with Crippen LogP contribution >= 0.6 is 0 Å². The van der Waals surface area contributed by atoms with Crippen LogP contribution in [0.3, 0.4) is 0 Å². The van der Waals surface area contributed by atoms with Crippen molar-refractivity contribution in [1.29, 1.82) is 0 Å². The Morgan fingerprint density at radius 3 is 1.41 bits per heavy atom. The summed E-state index contributed by atoms with van der Waals surface area (Å²) in [6, 6.07) is 43.3. The van der Waals surface area contributed by atoms with Crippen LogP contribution in [-0.4, -0.2) is 4.98 Å². The summed E-state index contributed by atoms with van der Waals surface area (Å²) in [5.74, 6) is 0. The molecule has 0 amide bonds. The van der Waals surface area contributed by atoms with Crippen molar-refractivity contribution in [1.82, 2.24) is 4.98 Å². The summed E-state index contributed by atoms with van der Waals surface area (Å²) in [5, 5.41) is 22.8. The molecule has 186 valence electrons. The van der Waals surface area contributed by atoms with E-state index in [4.69, 9.17) is 0 Å². The summed E-state index contributed by atoms with van der Waals surface area (Å²) in [6.45, 7) is 0. The third kappa shape index (κ3) is 2.29. The average molecular weight is 516 g/mol. The Labute approximate surface area is 234 Å². The molecule has 1 heterocycles. The minimum absolute atomic E-state index is 1.21. The molecule has 0 fully saturated rings. The second kappa shape index (κ2) is 6.83. The van der Waals surface area contributed by atoms with Crippen LogP contribution < -0.4 is 0 Å². The summed E-state index contributed by atoms with van der Waals surface area (Å²) < 4.78 is 0. The number of aromatic amines is 1. The molecule has 0 unspecified atom stereocenters. The standard InChI is InChI=1S/C40H21N/c1-3-7-28-26(5-1)27-6-2-4-8-30(27)40-38(28)32(20-41-40)31-19-25-16-15-23-12-10-21-9-11-22-13-14-24-17-18-29(31)39-36(24)34(22)33(21)35(23)37(25)39/h1-20,41H. The molecule has 0 saturated carbocycles. The Morgan fingerprint density at radius 1 is 0.317 bits per heavy atom. The third-order valence-corrected chi connectivity index (χ3v) is 9.86. The van der Waals surface area contributed by atoms with Gasteiger partial charge in [0.25, 0.3) is 0 Å². The molecule has 1 nitrogen and oxygen atoms in total. The second-order valence-electron chi connectivity index (χ2n) is 11.7. The minimum atomic E-state index is 1.21. The van der Waals surface area contributed by atoms with E-state index >= 15 is 0 Å². The van der Waals surface area contributed by atoms with E-state index in [1.165, 1.54) is 108 Å². The van der Waals surface area contributed by atoms with Crippen LogP contribution in [0.25, 0.3) is 108 Å². The first-order chi connectivity index (χ1) is 20.3. The molecule has 0 aliphatic carbocycles. The van der Waals surface area contributed by atoms with Crippen LogP contribution in [0.5, 0.6) is 0 Å². The molecule has 0 aliphatic heterocycles. The Kier molecular flexibility index (Phi) is 3.42. The number of H-pyrrole nitrogens is 1. The third-order valence-electron chi connectivity index (χ3n) is 9.86. The van der Waals surface area contributed by atoms with Crippen molar-refractivity contribution in [2.75, 3.05) is 0 Å². The van der Waals surface area contributed by atoms with E-state index in [1.54, 1.807) is 0 Å². The summed E-state index contributed by atoms with van der Waals surface area (Å²) >= 11 is 0. The van der Waals surface area contributed by atoms with Gasteiger partial charge in [0.2, 0.25) is 0 Å². The van der Waals surface area contributed by atoms with Crippen LogP contribution in [0.15, 0.2) is 121 Å². The van der Waals surface area contributed by atoms with E-state index in [0.29, 0.717) is 0 Å². The van der Waals surface area contributed by atoms with Gasteiger partial charge in [0.05, 0.1) is 5.52 Å². The molecule has 10 aromatic carbocycles. The highest BCUT2D eigenvalue weighted by Gasteiger charge is 2.23. The Morgan fingerprint density at radius 2 is 0.780 bits per heavy atom. The molecule has 0 saturated heterocycles. The van der Waals surface area contributed by atoms with Crippen molar-refractivity contribution in [3.8, 4) is 11.1 Å². The van der Waals surface area contributed by atoms with E-state index in [1.807, 2.05) is 0 Å². The Balaban J connectivity index is 1.41. The Bertz CT molecular complexity index is 2790. The van der Waals surface area contributed by atoms with Crippen LogP contribution in [0, 0.1) is 0 Å². The maximum absolute atomic E-state index is 3.73. The first kappa shape index (κ1) is 20.5. The molecule has 1 aromatic heterocycles. The van der Waals surface area contributed by atoms with Gasteiger partial charge in [0.1, 0.15) is 0 Å². The SMILES string of the molecule is c1ccc2c(c1)c1ccccc1c1c(-c3cc4ccc5ccc6ccc7ccc8ccc3c3c8c7c6c5c43)c[nH]c21. The first-order valence-electron chi connectivity index (χ1n) is 14.4. The van der Waals surface area contributed by atoms with Crippen molar-refractivity contribution in [3.05, 3.63) is 121 Å². The van der Waals surface area contributed by atoms with Crippen molar-refractivity contribution >= 4 is 97.1 Å². The molecular formula is C40H21N. The monoisotopic (exact) mass is 515 g/mol. The van der Waals surface area contributed by atoms with E-state index in [-0.39, 0.29) is 0 Å². The summed E-state index contributed by atoms with van der Waals surface area (Å²) in [7, 11) is 0. The fraction of sp³-hybridized carbons (Fsp3) is 0. The van der Waals surface area contributed by atoms with Gasteiger partial charge in [-0.15, -0.1) is 0 Å². The minimum Gasteiger partial charge on any atom is -0.360 e. The highest BCUT2D eigenvalue weighted by atomic mass is 14.7. The second-order valence-corrected chi connectivity index (χ2v) is 11.7. The van der Waals surface area contributed by atoms with Gasteiger partial charge in [-0.2, -0.15) is 0 Å². The molecular weight excluding hydrogens is 494 g/mol. The molecule has 11 aromatic rings. The van der Waals surface area contributed by atoms with Gasteiger partial charge in [-0.1, -0.05) is 109 Å². The number of aromatic nitrogens is 1. The lowest BCUT2D eigenvalue weighted by atomic mass is 9.81. The fourth-order valence-electron chi connectivity index (χ4n) is 8.21. The van der Waals surface area contributed by atoms with Gasteiger partial charge in [-0.25, -0.2) is 0 Å². The van der Waals surface area contributed by atoms with Gasteiger partial charge >= 0.3 is 0 Å². The zero-order valence-corrected chi connectivity index (χ0v) is 22.0. The molecule has 0 atom stereocenters. The molecule has 1 N–H and O–H groups in total. The molecule has 41 heavy (non-hydrogen) atoms. The van der Waals surface area contributed by atoms with E-state index in [2.05, 4.69) is 126 Å². The number of fused-ring (bicyclic) bond motifs is 6. The lowest BCUT2D eigenvalue weighted by Crippen LogP contribution is -1.94. The topological polar surface area (TPSA) is 15.8 Å². The predicted molar refractivity (Wildman–Crippen MR) is 177 cm³/mol. The summed E-state index contributed by atoms with van der Waals surface area (Å²) in [6.07, 6.45) is 2.24. The average Bonchev–Trinajstić information content (AvgIpc) is 3.49. The van der Waals surface area contributed by atoms with E-state index in [9.17, 15) is 0 Å². The molecule has 1 heteroatoms. The van der Waals surface area contributed by atoms with Gasteiger partial charge in [-0.05, 0) is 92.4 Å². The van der Waals surface area contributed by atoms with Gasteiger partial charge < -0.3 is 4.98 Å². The van der Waals surface area contributed by atoms with Crippen molar-refractivity contribution in [2.45, 2.75) is 0 Å². The van der Waals surface area contributed by atoms with Gasteiger partial charge in [0, 0.05) is 22.5 Å². The lowest BCUT2D eigenvalue weighted by Gasteiger charge is -2.22. The number of hydrogen-bond acceptors (Lipinski definition) is 0. The summed E-state index contributed by atoms with van der Waals surface area (Å²) in [4.78, 5) is 3.73. The smallest absolute Gasteiger partial charge is 0.0546 e. The van der Waals surface area contributed by atoms with E-state index < -0.39 is 0 Å². The van der Waals surface area contributed by atoms with Crippen LogP contribution in [-0.2, 0) is 0 Å². The number of benzene rings is 10. The molecule has 0 aliphatic rings. The quantitative estimate of drug-likeness (QED) is 0.165. The highest BCUT2D eigenvalue weighted by Crippen LogP contribution is 2.51. The normalized spacial score (nSPS) is 12.9. The van der Waals surface area contributed by atoms with Crippen molar-refractivity contribution < 1.29 is 0 Å². The largest absolute Gasteiger partial charge is 0.360 e. The highest BCUT2D eigenvalue weighted by molar-refractivity contribution is 6.45. The molecule has 0 bridgehead atoms. The van der Waals surface area contributed by atoms with E-state index in [0.717, 1.165) is 0 Å². The van der Waals surface area contributed by atoms with Crippen LogP contribution in [0.2, 0.25) is 0 Å². The maximum atomic E-state index is 3.73. The predicted octanol–water partition coefficient (Wildman–Crippen LogP) is 11.4. The summed E-state index contributed by atoms with van der Waals surface area (Å²) in [5.41, 5.74) is 3.78. The van der Waals surface area contributed by atoms with Crippen molar-refractivity contribution in [2.24, 2.45) is 0 Å².